The second-order valence-electron chi connectivity index (χ2n) is 5.63. The average molecular weight is 363 g/mol. The van der Waals surface area contributed by atoms with E-state index in [0.717, 1.165) is 5.56 Å². The molecule has 0 spiro atoms. The summed E-state index contributed by atoms with van der Waals surface area (Å²) in [6.07, 6.45) is 0.818. The first kappa shape index (κ1) is 18.9. The molecule has 1 N–H and O–H groups in total. The zero-order chi connectivity index (χ0) is 18.2. The van der Waals surface area contributed by atoms with Crippen molar-refractivity contribution >= 4 is 29.1 Å². The fraction of sp³-hybridized carbons (Fsp3) is 0.263. The van der Waals surface area contributed by atoms with Gasteiger partial charge in [0, 0.05) is 37.1 Å². The van der Waals surface area contributed by atoms with Crippen LogP contribution in [0.1, 0.15) is 18.9 Å². The van der Waals surface area contributed by atoms with Crippen molar-refractivity contribution in [3.05, 3.63) is 64.9 Å². The quantitative estimate of drug-likeness (QED) is 0.818. The molecule has 0 radical (unpaired) electrons. The first-order valence-electron chi connectivity index (χ1n) is 8.00. The molecule has 2 aromatic rings. The highest BCUT2D eigenvalue weighted by molar-refractivity contribution is 6.30. The minimum atomic E-state index is -0.422. The van der Waals surface area contributed by atoms with Crippen molar-refractivity contribution in [1.82, 2.24) is 5.32 Å². The summed E-state index contributed by atoms with van der Waals surface area (Å²) in [6, 6.07) is 13.2. The molecule has 0 aromatic heterocycles. The monoisotopic (exact) mass is 362 g/mol. The predicted molar refractivity (Wildman–Crippen MR) is 97.2 cm³/mol. The summed E-state index contributed by atoms with van der Waals surface area (Å²) in [4.78, 5) is 25.1. The Hall–Kier alpha value is -2.40. The maximum Gasteiger partial charge on any atom is 0.223 e. The zero-order valence-corrected chi connectivity index (χ0v) is 14.7. The van der Waals surface area contributed by atoms with Crippen molar-refractivity contribution in [2.24, 2.45) is 0 Å². The second kappa shape index (κ2) is 9.18. The number of rotatable bonds is 7. The number of amides is 2. The van der Waals surface area contributed by atoms with E-state index in [9.17, 15) is 14.0 Å². The summed E-state index contributed by atoms with van der Waals surface area (Å²) in [6.45, 7) is 2.07. The van der Waals surface area contributed by atoms with Crippen LogP contribution >= 0.6 is 11.6 Å². The minimum absolute atomic E-state index is 0.144. The Bertz CT molecular complexity index is 752. The molecule has 0 aliphatic carbocycles. The molecule has 0 aliphatic rings. The Morgan fingerprint density at radius 2 is 1.92 bits per heavy atom. The van der Waals surface area contributed by atoms with Crippen molar-refractivity contribution in [2.75, 3.05) is 18.0 Å². The lowest BCUT2D eigenvalue weighted by molar-refractivity contribution is -0.121. The SMILES string of the molecule is CC(=O)N(CCC(=O)NCCc1cccc(Cl)c1)c1cccc(F)c1. The van der Waals surface area contributed by atoms with Crippen molar-refractivity contribution in [1.29, 1.82) is 0 Å². The van der Waals surface area contributed by atoms with E-state index in [1.165, 1.54) is 30.0 Å². The van der Waals surface area contributed by atoms with Gasteiger partial charge in [0.15, 0.2) is 0 Å². The van der Waals surface area contributed by atoms with Gasteiger partial charge in [-0.15, -0.1) is 0 Å². The van der Waals surface area contributed by atoms with Gasteiger partial charge in [-0.05, 0) is 42.3 Å². The van der Waals surface area contributed by atoms with Gasteiger partial charge in [0.05, 0.1) is 0 Å². The van der Waals surface area contributed by atoms with E-state index in [0.29, 0.717) is 23.7 Å². The Kier molecular flexibility index (Phi) is 6.95. The van der Waals surface area contributed by atoms with Crippen LogP contribution < -0.4 is 10.2 Å². The molecule has 0 atom stereocenters. The molecule has 0 unspecified atom stereocenters. The number of hydrogen-bond donors (Lipinski definition) is 1. The minimum Gasteiger partial charge on any atom is -0.356 e. The van der Waals surface area contributed by atoms with Crippen LogP contribution in [0.5, 0.6) is 0 Å². The standard InChI is InChI=1S/C19H20ClFN2O2/c1-14(24)23(18-7-3-6-17(21)13-18)11-9-19(25)22-10-8-15-4-2-5-16(20)12-15/h2-7,12-13H,8-11H2,1H3,(H,22,25). The average Bonchev–Trinajstić information content (AvgIpc) is 2.55. The predicted octanol–water partition coefficient (Wildman–Crippen LogP) is 3.58. The van der Waals surface area contributed by atoms with E-state index < -0.39 is 5.82 Å². The second-order valence-corrected chi connectivity index (χ2v) is 6.07. The third kappa shape index (κ3) is 6.19. The van der Waals surface area contributed by atoms with E-state index in [4.69, 9.17) is 11.6 Å². The molecule has 2 aromatic carbocycles. The number of carbonyl (C=O) groups is 2. The number of nitrogens with zero attached hydrogens (tertiary/aromatic N) is 1. The lowest BCUT2D eigenvalue weighted by atomic mass is 10.1. The zero-order valence-electron chi connectivity index (χ0n) is 14.0. The van der Waals surface area contributed by atoms with E-state index in [1.807, 2.05) is 18.2 Å². The van der Waals surface area contributed by atoms with Crippen LogP contribution in [0.15, 0.2) is 48.5 Å². The maximum atomic E-state index is 13.3. The first-order valence-corrected chi connectivity index (χ1v) is 8.38. The number of benzene rings is 2. The summed E-state index contributed by atoms with van der Waals surface area (Å²) >= 11 is 5.92. The molecule has 0 heterocycles. The maximum absolute atomic E-state index is 13.3. The topological polar surface area (TPSA) is 49.4 Å². The fourth-order valence-corrected chi connectivity index (χ4v) is 2.67. The van der Waals surface area contributed by atoms with E-state index in [-0.39, 0.29) is 24.8 Å². The molecule has 2 rings (SSSR count). The molecule has 0 saturated heterocycles. The van der Waals surface area contributed by atoms with E-state index in [1.54, 1.807) is 12.1 Å². The Morgan fingerprint density at radius 3 is 2.60 bits per heavy atom. The first-order chi connectivity index (χ1) is 12.0. The molecular weight excluding hydrogens is 343 g/mol. The molecule has 0 fully saturated rings. The van der Waals surface area contributed by atoms with Gasteiger partial charge in [-0.25, -0.2) is 4.39 Å². The van der Waals surface area contributed by atoms with Crippen LogP contribution in [-0.2, 0) is 16.0 Å². The van der Waals surface area contributed by atoms with Crippen LogP contribution in [0.25, 0.3) is 0 Å². The number of nitrogens with one attached hydrogen (secondary N) is 1. The van der Waals surface area contributed by atoms with Crippen molar-refractivity contribution in [3.63, 3.8) is 0 Å². The number of anilines is 1. The highest BCUT2D eigenvalue weighted by atomic mass is 35.5. The molecule has 4 nitrogen and oxygen atoms in total. The van der Waals surface area contributed by atoms with Crippen LogP contribution in [0.3, 0.4) is 0 Å². The summed E-state index contributed by atoms with van der Waals surface area (Å²) in [5.41, 5.74) is 1.48. The number of hydrogen-bond acceptors (Lipinski definition) is 2. The molecule has 0 bridgehead atoms. The molecule has 6 heteroatoms. The van der Waals surface area contributed by atoms with Gasteiger partial charge in [0.2, 0.25) is 11.8 Å². The largest absolute Gasteiger partial charge is 0.356 e. The van der Waals surface area contributed by atoms with Gasteiger partial charge in [-0.1, -0.05) is 29.8 Å². The summed E-state index contributed by atoms with van der Waals surface area (Å²) in [5, 5.41) is 3.48. The van der Waals surface area contributed by atoms with Crippen LogP contribution in [0.2, 0.25) is 5.02 Å². The van der Waals surface area contributed by atoms with Crippen LogP contribution in [0, 0.1) is 5.82 Å². The molecular formula is C19H20ClFN2O2. The van der Waals surface area contributed by atoms with Crippen molar-refractivity contribution < 1.29 is 14.0 Å². The highest BCUT2D eigenvalue weighted by Gasteiger charge is 2.13. The lowest BCUT2D eigenvalue weighted by Gasteiger charge is -2.21. The van der Waals surface area contributed by atoms with E-state index >= 15 is 0 Å². The van der Waals surface area contributed by atoms with Gasteiger partial charge < -0.3 is 10.2 Å². The highest BCUT2D eigenvalue weighted by Crippen LogP contribution is 2.16. The van der Waals surface area contributed by atoms with Gasteiger partial charge in [0.1, 0.15) is 5.82 Å². The molecule has 25 heavy (non-hydrogen) atoms. The fourth-order valence-electron chi connectivity index (χ4n) is 2.45. The Morgan fingerprint density at radius 1 is 1.16 bits per heavy atom. The number of carbonyl (C=O) groups excluding carboxylic acids is 2. The van der Waals surface area contributed by atoms with Crippen LogP contribution in [0.4, 0.5) is 10.1 Å². The summed E-state index contributed by atoms with van der Waals surface area (Å²) in [5.74, 6) is -0.822. The number of halogens is 2. The lowest BCUT2D eigenvalue weighted by Crippen LogP contribution is -2.34. The third-order valence-corrected chi connectivity index (χ3v) is 3.92. The van der Waals surface area contributed by atoms with Crippen LogP contribution in [-0.4, -0.2) is 24.9 Å². The smallest absolute Gasteiger partial charge is 0.223 e. The summed E-state index contributed by atoms with van der Waals surface area (Å²) in [7, 11) is 0. The van der Waals surface area contributed by atoms with E-state index in [2.05, 4.69) is 5.32 Å². The third-order valence-electron chi connectivity index (χ3n) is 3.69. The van der Waals surface area contributed by atoms with Gasteiger partial charge >= 0.3 is 0 Å². The molecule has 132 valence electrons. The molecule has 2 amide bonds. The Balaban J connectivity index is 1.82. The molecule has 0 saturated carbocycles. The summed E-state index contributed by atoms with van der Waals surface area (Å²) < 4.78 is 13.3. The van der Waals surface area contributed by atoms with Crippen molar-refractivity contribution in [3.8, 4) is 0 Å². The molecule has 0 aliphatic heterocycles. The normalized spacial score (nSPS) is 10.4. The van der Waals surface area contributed by atoms with Gasteiger partial charge in [0.25, 0.3) is 0 Å². The van der Waals surface area contributed by atoms with Gasteiger partial charge in [-0.2, -0.15) is 0 Å². The van der Waals surface area contributed by atoms with Crippen molar-refractivity contribution in [2.45, 2.75) is 19.8 Å². The van der Waals surface area contributed by atoms with Gasteiger partial charge in [-0.3, -0.25) is 9.59 Å². The Labute approximate surface area is 151 Å².